The highest BCUT2D eigenvalue weighted by atomic mass is 127. The second kappa shape index (κ2) is 11.5. The molecule has 1 saturated heterocycles. The number of halogens is 3. The molecule has 1 aromatic carbocycles. The average molecular weight is 481 g/mol. The van der Waals surface area contributed by atoms with Crippen molar-refractivity contribution in [2.75, 3.05) is 51.7 Å². The van der Waals surface area contributed by atoms with Crippen molar-refractivity contribution >= 4 is 35.6 Å². The molecule has 0 spiro atoms. The van der Waals surface area contributed by atoms with Crippen LogP contribution in [0.25, 0.3) is 0 Å². The van der Waals surface area contributed by atoms with Crippen LogP contribution in [0.15, 0.2) is 23.2 Å². The molecular formula is C18H30F2IN5. The Balaban J connectivity index is 0.00000338. The van der Waals surface area contributed by atoms with Gasteiger partial charge >= 0.3 is 0 Å². The number of hydrogen-bond donors (Lipinski definition) is 2. The fourth-order valence-corrected chi connectivity index (χ4v) is 2.93. The first kappa shape index (κ1) is 22.9. The average Bonchev–Trinajstić information content (AvgIpc) is 2.99. The van der Waals surface area contributed by atoms with Gasteiger partial charge in [-0.05, 0) is 52.5 Å². The van der Waals surface area contributed by atoms with Gasteiger partial charge in [-0.2, -0.15) is 0 Å². The van der Waals surface area contributed by atoms with Gasteiger partial charge in [0.05, 0.1) is 5.69 Å². The van der Waals surface area contributed by atoms with Crippen LogP contribution in [0.1, 0.15) is 19.8 Å². The summed E-state index contributed by atoms with van der Waals surface area (Å²) in [7, 11) is 4.10. The first-order chi connectivity index (χ1) is 12.0. The summed E-state index contributed by atoms with van der Waals surface area (Å²) in [5, 5.41) is 6.68. The van der Waals surface area contributed by atoms with Crippen molar-refractivity contribution in [3.8, 4) is 0 Å². The number of nitrogens with zero attached hydrogens (tertiary/aromatic N) is 3. The van der Waals surface area contributed by atoms with E-state index in [1.165, 1.54) is 12.1 Å². The Bertz CT molecular complexity index is 583. The number of hydrogen-bond acceptors (Lipinski definition) is 3. The first-order valence-electron chi connectivity index (χ1n) is 8.89. The maximum atomic E-state index is 13.9. The van der Waals surface area contributed by atoms with Crippen molar-refractivity contribution in [3.63, 3.8) is 0 Å². The summed E-state index contributed by atoms with van der Waals surface area (Å²) in [5.74, 6) is -0.257. The topological polar surface area (TPSA) is 42.9 Å². The van der Waals surface area contributed by atoms with Crippen molar-refractivity contribution < 1.29 is 8.78 Å². The van der Waals surface area contributed by atoms with Crippen LogP contribution < -0.4 is 15.5 Å². The highest BCUT2D eigenvalue weighted by molar-refractivity contribution is 14.0. The quantitative estimate of drug-likeness (QED) is 0.272. The molecule has 8 heteroatoms. The minimum atomic E-state index is -0.547. The predicted molar refractivity (Wildman–Crippen MR) is 115 cm³/mol. The Labute approximate surface area is 172 Å². The third-order valence-electron chi connectivity index (χ3n) is 4.16. The SMILES string of the molecule is CCNC(=NCCCN(C)C)NC1CCN(c2ccc(F)cc2F)C1.I. The number of guanidine groups is 1. The summed E-state index contributed by atoms with van der Waals surface area (Å²) < 4.78 is 27.0. The number of benzene rings is 1. The number of aliphatic imine (C=N–C) groups is 1. The Hall–Kier alpha value is -1.16. The van der Waals surface area contributed by atoms with Crippen molar-refractivity contribution in [1.29, 1.82) is 0 Å². The molecule has 5 nitrogen and oxygen atoms in total. The lowest BCUT2D eigenvalue weighted by atomic mass is 10.2. The van der Waals surface area contributed by atoms with Crippen molar-refractivity contribution in [3.05, 3.63) is 29.8 Å². The van der Waals surface area contributed by atoms with Crippen molar-refractivity contribution in [2.24, 2.45) is 4.99 Å². The fourth-order valence-electron chi connectivity index (χ4n) is 2.93. The smallest absolute Gasteiger partial charge is 0.191 e. The van der Waals surface area contributed by atoms with E-state index in [1.807, 2.05) is 11.8 Å². The second-order valence-corrected chi connectivity index (χ2v) is 6.59. The van der Waals surface area contributed by atoms with E-state index in [2.05, 4.69) is 34.6 Å². The standard InChI is InChI=1S/C18H29F2N5.HI/c1-4-21-18(22-9-5-10-24(2)3)23-15-8-11-25(13-15)17-7-6-14(19)12-16(17)20;/h6-7,12,15H,4-5,8-11,13H2,1-3H3,(H2,21,22,23);1H. The monoisotopic (exact) mass is 481 g/mol. The Morgan fingerprint density at radius 1 is 1.35 bits per heavy atom. The number of anilines is 1. The van der Waals surface area contributed by atoms with E-state index < -0.39 is 11.6 Å². The minimum Gasteiger partial charge on any atom is -0.367 e. The summed E-state index contributed by atoms with van der Waals surface area (Å²) in [4.78, 5) is 8.69. The predicted octanol–water partition coefficient (Wildman–Crippen LogP) is 2.67. The molecule has 1 heterocycles. The highest BCUT2D eigenvalue weighted by Crippen LogP contribution is 2.24. The zero-order valence-corrected chi connectivity index (χ0v) is 18.1. The second-order valence-electron chi connectivity index (χ2n) is 6.59. The van der Waals surface area contributed by atoms with Gasteiger partial charge in [-0.15, -0.1) is 24.0 Å². The minimum absolute atomic E-state index is 0. The number of nitrogens with one attached hydrogen (secondary N) is 2. The molecule has 1 aromatic rings. The van der Waals surface area contributed by atoms with Crippen molar-refractivity contribution in [2.45, 2.75) is 25.8 Å². The van der Waals surface area contributed by atoms with Crippen LogP contribution in [0.2, 0.25) is 0 Å². The van der Waals surface area contributed by atoms with Crippen molar-refractivity contribution in [1.82, 2.24) is 15.5 Å². The molecule has 26 heavy (non-hydrogen) atoms. The maximum absolute atomic E-state index is 13.9. The van der Waals surface area contributed by atoms with Gasteiger partial charge in [0.2, 0.25) is 0 Å². The summed E-state index contributed by atoms with van der Waals surface area (Å²) in [5.41, 5.74) is 0.457. The summed E-state index contributed by atoms with van der Waals surface area (Å²) in [6, 6.07) is 3.94. The van der Waals surface area contributed by atoms with Crippen LogP contribution in [0.3, 0.4) is 0 Å². The molecule has 0 radical (unpaired) electrons. The lowest BCUT2D eigenvalue weighted by molar-refractivity contribution is 0.403. The van der Waals surface area contributed by atoms with Crippen LogP contribution in [0, 0.1) is 11.6 Å². The molecule has 1 atom stereocenters. The van der Waals surface area contributed by atoms with E-state index >= 15 is 0 Å². The molecule has 0 bridgehead atoms. The molecule has 148 valence electrons. The van der Waals surface area contributed by atoms with E-state index in [9.17, 15) is 8.78 Å². The molecule has 0 amide bonds. The Morgan fingerprint density at radius 3 is 2.77 bits per heavy atom. The molecular weight excluding hydrogens is 451 g/mol. The Kier molecular flexibility index (Phi) is 10.1. The zero-order chi connectivity index (χ0) is 18.2. The normalized spacial score (nSPS) is 17.4. The highest BCUT2D eigenvalue weighted by Gasteiger charge is 2.25. The maximum Gasteiger partial charge on any atom is 0.191 e. The van der Waals surface area contributed by atoms with Crippen LogP contribution in [-0.4, -0.2) is 63.7 Å². The third kappa shape index (κ3) is 7.22. The lowest BCUT2D eigenvalue weighted by Gasteiger charge is -2.21. The summed E-state index contributed by atoms with van der Waals surface area (Å²) in [6.07, 6.45) is 1.89. The van der Waals surface area contributed by atoms with Gasteiger partial charge in [0.25, 0.3) is 0 Å². The van der Waals surface area contributed by atoms with Gasteiger partial charge in [0.15, 0.2) is 5.96 Å². The van der Waals surface area contributed by atoms with E-state index in [1.54, 1.807) is 0 Å². The van der Waals surface area contributed by atoms with Gasteiger partial charge < -0.3 is 20.4 Å². The largest absolute Gasteiger partial charge is 0.367 e. The molecule has 2 N–H and O–H groups in total. The van der Waals surface area contributed by atoms with E-state index in [0.29, 0.717) is 12.2 Å². The number of rotatable bonds is 7. The molecule has 1 aliphatic rings. The Morgan fingerprint density at radius 2 is 2.12 bits per heavy atom. The fraction of sp³-hybridized carbons (Fsp3) is 0.611. The summed E-state index contributed by atoms with van der Waals surface area (Å²) in [6.45, 7) is 6.00. The van der Waals surface area contributed by atoms with Crippen LogP contribution in [0.4, 0.5) is 14.5 Å². The van der Waals surface area contributed by atoms with Gasteiger partial charge in [-0.1, -0.05) is 0 Å². The van der Waals surface area contributed by atoms with Gasteiger partial charge in [0, 0.05) is 38.3 Å². The molecule has 0 aliphatic carbocycles. The molecule has 2 rings (SSSR count). The van der Waals surface area contributed by atoms with E-state index in [0.717, 1.165) is 51.0 Å². The molecule has 0 aromatic heterocycles. The third-order valence-corrected chi connectivity index (χ3v) is 4.16. The molecule has 1 unspecified atom stereocenters. The van der Waals surface area contributed by atoms with Crippen LogP contribution in [-0.2, 0) is 0 Å². The molecule has 1 fully saturated rings. The van der Waals surface area contributed by atoms with Crippen LogP contribution in [0.5, 0.6) is 0 Å². The van der Waals surface area contributed by atoms with Gasteiger partial charge in [-0.25, -0.2) is 8.78 Å². The van der Waals surface area contributed by atoms with E-state index in [4.69, 9.17) is 0 Å². The summed E-state index contributed by atoms with van der Waals surface area (Å²) >= 11 is 0. The van der Waals surface area contributed by atoms with Crippen LogP contribution >= 0.6 is 24.0 Å². The molecule has 1 aliphatic heterocycles. The van der Waals surface area contributed by atoms with Gasteiger partial charge in [0.1, 0.15) is 11.6 Å². The lowest BCUT2D eigenvalue weighted by Crippen LogP contribution is -2.44. The molecule has 0 saturated carbocycles. The zero-order valence-electron chi connectivity index (χ0n) is 15.8. The first-order valence-corrected chi connectivity index (χ1v) is 8.89. The van der Waals surface area contributed by atoms with Gasteiger partial charge in [-0.3, -0.25) is 4.99 Å². The van der Waals surface area contributed by atoms with E-state index in [-0.39, 0.29) is 30.0 Å².